The predicted octanol–water partition coefficient (Wildman–Crippen LogP) is 2.83. The molecule has 0 spiro atoms. The first-order valence-electron chi connectivity index (χ1n) is 8.71. The third-order valence-corrected chi connectivity index (χ3v) is 5.11. The first kappa shape index (κ1) is 23.2. The molecule has 1 N–H and O–H groups in total. The number of carbonyl (C=O) groups is 1. The van der Waals surface area contributed by atoms with Gasteiger partial charge in [-0.05, 0) is 42.0 Å². The minimum Gasteiger partial charge on any atom is -0.493 e. The van der Waals surface area contributed by atoms with E-state index in [0.29, 0.717) is 28.7 Å². The summed E-state index contributed by atoms with van der Waals surface area (Å²) >= 11 is 5.92. The molecule has 2 rings (SSSR count). The van der Waals surface area contributed by atoms with E-state index in [1.807, 2.05) is 0 Å². The molecule has 1 amide bonds. The number of benzene rings is 2. The minimum atomic E-state index is -3.70. The number of methoxy groups -OCH3 is 1. The molecule has 0 saturated carbocycles. The smallest absolute Gasteiger partial charge is 0.260 e. The van der Waals surface area contributed by atoms with Gasteiger partial charge in [0.25, 0.3) is 5.91 Å². The van der Waals surface area contributed by atoms with Crippen molar-refractivity contribution < 1.29 is 22.7 Å². The highest BCUT2D eigenvalue weighted by Gasteiger charge is 2.20. The van der Waals surface area contributed by atoms with Gasteiger partial charge in [0.1, 0.15) is 13.2 Å². The monoisotopic (exact) mass is 451 g/mol. The Kier molecular flexibility index (Phi) is 8.25. The summed E-state index contributed by atoms with van der Waals surface area (Å²) in [7, 11) is -2.20. The Morgan fingerprint density at radius 1 is 1.27 bits per heavy atom. The number of sulfonamides is 1. The van der Waals surface area contributed by atoms with Crippen LogP contribution in [-0.4, -0.2) is 47.1 Å². The molecular weight excluding hydrogens is 430 g/mol. The van der Waals surface area contributed by atoms with Gasteiger partial charge in [-0.1, -0.05) is 30.3 Å². The lowest BCUT2D eigenvalue weighted by Crippen LogP contribution is -2.39. The zero-order valence-electron chi connectivity index (χ0n) is 16.5. The van der Waals surface area contributed by atoms with E-state index >= 15 is 0 Å². The summed E-state index contributed by atoms with van der Waals surface area (Å²) < 4.78 is 35.8. The number of hydrazone groups is 1. The Bertz CT molecular complexity index is 1040. The minimum absolute atomic E-state index is 0.281. The van der Waals surface area contributed by atoms with Gasteiger partial charge in [-0.25, -0.2) is 13.8 Å². The van der Waals surface area contributed by atoms with E-state index in [2.05, 4.69) is 17.1 Å². The van der Waals surface area contributed by atoms with Crippen LogP contribution in [0.1, 0.15) is 5.56 Å². The number of anilines is 1. The van der Waals surface area contributed by atoms with Crippen LogP contribution < -0.4 is 19.2 Å². The Balaban J connectivity index is 2.06. The molecule has 160 valence electrons. The van der Waals surface area contributed by atoms with Gasteiger partial charge in [-0.15, -0.1) is 0 Å². The zero-order valence-corrected chi connectivity index (χ0v) is 18.1. The lowest BCUT2D eigenvalue weighted by molar-refractivity contribution is -0.119. The van der Waals surface area contributed by atoms with Crippen LogP contribution in [0, 0.1) is 0 Å². The molecule has 0 aliphatic heterocycles. The summed E-state index contributed by atoms with van der Waals surface area (Å²) in [5.74, 6) is 0.426. The number of rotatable bonds is 10. The van der Waals surface area contributed by atoms with Gasteiger partial charge in [0.2, 0.25) is 10.0 Å². The molecule has 0 saturated heterocycles. The lowest BCUT2D eigenvalue weighted by Gasteiger charge is -2.21. The maximum atomic E-state index is 12.2. The quantitative estimate of drug-likeness (QED) is 0.340. The topological polar surface area (TPSA) is 97.3 Å². The molecule has 0 heterocycles. The fourth-order valence-corrected chi connectivity index (χ4v) is 3.44. The summed E-state index contributed by atoms with van der Waals surface area (Å²) in [4.78, 5) is 12.2. The van der Waals surface area contributed by atoms with Crippen LogP contribution >= 0.6 is 11.6 Å². The van der Waals surface area contributed by atoms with Crippen molar-refractivity contribution in [2.75, 3.05) is 30.8 Å². The third-order valence-electron chi connectivity index (χ3n) is 3.73. The van der Waals surface area contributed by atoms with Crippen LogP contribution in [0.2, 0.25) is 5.02 Å². The van der Waals surface area contributed by atoms with Crippen molar-refractivity contribution in [3.8, 4) is 11.5 Å². The first-order chi connectivity index (χ1) is 14.2. The second-order valence-corrected chi connectivity index (χ2v) is 8.40. The van der Waals surface area contributed by atoms with Crippen molar-refractivity contribution in [2.45, 2.75) is 0 Å². The van der Waals surface area contributed by atoms with Crippen LogP contribution in [0.4, 0.5) is 5.69 Å². The Labute approximate surface area is 180 Å². The summed E-state index contributed by atoms with van der Waals surface area (Å²) in [6, 6.07) is 11.3. The van der Waals surface area contributed by atoms with Crippen molar-refractivity contribution in [1.82, 2.24) is 5.43 Å². The van der Waals surface area contributed by atoms with Crippen LogP contribution in [0.15, 0.2) is 60.2 Å². The second-order valence-electron chi connectivity index (χ2n) is 6.05. The first-order valence-corrected chi connectivity index (χ1v) is 10.9. The van der Waals surface area contributed by atoms with E-state index in [-0.39, 0.29) is 5.69 Å². The fourth-order valence-electron chi connectivity index (χ4n) is 2.41. The number of carbonyl (C=O) groups excluding carboxylic acids is 1. The number of halogens is 1. The van der Waals surface area contributed by atoms with Gasteiger partial charge in [0.15, 0.2) is 11.5 Å². The Hall–Kier alpha value is -3.04. The maximum absolute atomic E-state index is 12.2. The van der Waals surface area contributed by atoms with Crippen LogP contribution in [0.3, 0.4) is 0 Å². The molecule has 0 unspecified atom stereocenters. The molecule has 8 nitrogen and oxygen atoms in total. The highest BCUT2D eigenvalue weighted by molar-refractivity contribution is 7.92. The highest BCUT2D eigenvalue weighted by Crippen LogP contribution is 2.27. The molecule has 0 bridgehead atoms. The van der Waals surface area contributed by atoms with Crippen molar-refractivity contribution in [1.29, 1.82) is 0 Å². The van der Waals surface area contributed by atoms with Crippen molar-refractivity contribution in [3.63, 3.8) is 0 Å². The van der Waals surface area contributed by atoms with Crippen LogP contribution in [0.5, 0.6) is 11.5 Å². The number of nitrogens with one attached hydrogen (secondary N) is 1. The van der Waals surface area contributed by atoms with Gasteiger partial charge >= 0.3 is 0 Å². The van der Waals surface area contributed by atoms with E-state index in [1.54, 1.807) is 42.5 Å². The molecule has 0 radical (unpaired) electrons. The van der Waals surface area contributed by atoms with Crippen molar-refractivity contribution in [3.05, 3.63) is 65.7 Å². The van der Waals surface area contributed by atoms with Crippen molar-refractivity contribution in [2.24, 2.45) is 5.10 Å². The molecule has 10 heteroatoms. The van der Waals surface area contributed by atoms with E-state index in [0.717, 1.165) is 10.6 Å². The molecule has 0 fully saturated rings. The molecule has 0 aliphatic carbocycles. The molecule has 0 atom stereocenters. The fraction of sp³-hybridized carbons (Fsp3) is 0.200. The van der Waals surface area contributed by atoms with E-state index in [4.69, 9.17) is 21.1 Å². The number of nitrogens with zero attached hydrogens (tertiary/aromatic N) is 2. The summed E-state index contributed by atoms with van der Waals surface area (Å²) in [6.45, 7) is 3.48. The number of amides is 1. The number of hydrogen-bond acceptors (Lipinski definition) is 6. The Morgan fingerprint density at radius 2 is 2.03 bits per heavy atom. The normalized spacial score (nSPS) is 11.2. The summed E-state index contributed by atoms with van der Waals surface area (Å²) in [5.41, 5.74) is 3.24. The zero-order chi connectivity index (χ0) is 22.1. The van der Waals surface area contributed by atoms with Gasteiger partial charge < -0.3 is 9.47 Å². The molecule has 2 aromatic rings. The van der Waals surface area contributed by atoms with Crippen molar-refractivity contribution >= 4 is 39.4 Å². The van der Waals surface area contributed by atoms with Gasteiger partial charge in [-0.2, -0.15) is 5.10 Å². The number of hydrogen-bond donors (Lipinski definition) is 1. The van der Waals surface area contributed by atoms with Gasteiger partial charge in [0.05, 0.1) is 25.3 Å². The highest BCUT2D eigenvalue weighted by atomic mass is 35.5. The molecule has 2 aromatic carbocycles. The Morgan fingerprint density at radius 3 is 2.67 bits per heavy atom. The van der Waals surface area contributed by atoms with E-state index in [9.17, 15) is 13.2 Å². The third kappa shape index (κ3) is 6.78. The average molecular weight is 452 g/mol. The van der Waals surface area contributed by atoms with Crippen LogP contribution in [0.25, 0.3) is 0 Å². The molecular formula is C20H22ClN3O5S. The SMILES string of the molecule is C=CCOc1ccc(/C=N\NC(=O)CN(c2cccc(Cl)c2)S(C)(=O)=O)cc1OC. The average Bonchev–Trinajstić information content (AvgIpc) is 2.70. The van der Waals surface area contributed by atoms with E-state index in [1.165, 1.54) is 19.4 Å². The molecule has 0 aliphatic rings. The standard InChI is InChI=1S/C20H22ClN3O5S/c1-4-10-29-18-9-8-15(11-19(18)28-2)13-22-23-20(25)14-24(30(3,26)27)17-7-5-6-16(21)12-17/h4-9,11-13H,1,10,14H2,2-3H3,(H,23,25)/b22-13-. The summed E-state index contributed by atoms with van der Waals surface area (Å²) in [6.07, 6.45) is 4.03. The van der Waals surface area contributed by atoms with E-state index < -0.39 is 22.5 Å². The lowest BCUT2D eigenvalue weighted by atomic mass is 10.2. The maximum Gasteiger partial charge on any atom is 0.260 e. The summed E-state index contributed by atoms with van der Waals surface area (Å²) in [5, 5.41) is 4.23. The number of ether oxygens (including phenoxy) is 2. The van der Waals surface area contributed by atoms with Gasteiger partial charge in [0, 0.05) is 5.02 Å². The predicted molar refractivity (Wildman–Crippen MR) is 118 cm³/mol. The largest absolute Gasteiger partial charge is 0.493 e. The molecule has 30 heavy (non-hydrogen) atoms. The molecule has 0 aromatic heterocycles. The van der Waals surface area contributed by atoms with Crippen LogP contribution in [-0.2, 0) is 14.8 Å². The van der Waals surface area contributed by atoms with Gasteiger partial charge in [-0.3, -0.25) is 9.10 Å². The second kappa shape index (κ2) is 10.7.